The highest BCUT2D eigenvalue weighted by Crippen LogP contribution is 2.12. The van der Waals surface area contributed by atoms with Gasteiger partial charge in [0.15, 0.2) is 0 Å². The molecule has 17 heavy (non-hydrogen) atoms. The van der Waals surface area contributed by atoms with E-state index < -0.39 is 0 Å². The third kappa shape index (κ3) is 3.84. The molecule has 0 bridgehead atoms. The molecule has 0 aliphatic rings. The highest BCUT2D eigenvalue weighted by atomic mass is 16.5. The molecule has 1 aromatic carbocycles. The van der Waals surface area contributed by atoms with Gasteiger partial charge in [0.05, 0.1) is 6.61 Å². The van der Waals surface area contributed by atoms with Gasteiger partial charge in [-0.2, -0.15) is 0 Å². The van der Waals surface area contributed by atoms with E-state index in [4.69, 9.17) is 11.2 Å². The minimum atomic E-state index is -0.331. The maximum atomic E-state index is 11.6. The molecule has 0 aliphatic carbocycles. The Morgan fingerprint density at radius 2 is 2.29 bits per heavy atom. The van der Waals surface area contributed by atoms with Crippen LogP contribution in [0.25, 0.3) is 0 Å². The summed E-state index contributed by atoms with van der Waals surface area (Å²) in [6.07, 6.45) is 5.99. The van der Waals surface area contributed by atoms with Crippen molar-refractivity contribution in [3.8, 4) is 12.3 Å². The van der Waals surface area contributed by atoms with E-state index in [1.807, 2.05) is 31.2 Å². The van der Waals surface area contributed by atoms with E-state index >= 15 is 0 Å². The van der Waals surface area contributed by atoms with E-state index in [0.29, 0.717) is 13.0 Å². The van der Waals surface area contributed by atoms with Gasteiger partial charge in [-0.25, -0.2) is 4.79 Å². The molecular weight excluding hydrogens is 214 g/mol. The van der Waals surface area contributed by atoms with E-state index in [9.17, 15) is 4.79 Å². The third-order valence-corrected chi connectivity index (χ3v) is 2.35. The van der Waals surface area contributed by atoms with Gasteiger partial charge in [-0.3, -0.25) is 0 Å². The Labute approximate surface area is 102 Å². The summed E-state index contributed by atoms with van der Waals surface area (Å²) in [5.41, 5.74) is 1.62. The van der Waals surface area contributed by atoms with Gasteiger partial charge >= 0.3 is 5.97 Å². The van der Waals surface area contributed by atoms with Crippen molar-refractivity contribution < 1.29 is 9.53 Å². The van der Waals surface area contributed by atoms with Crippen LogP contribution in [0.4, 0.5) is 5.69 Å². The maximum Gasteiger partial charge on any atom is 0.328 e. The van der Waals surface area contributed by atoms with Gasteiger partial charge in [0.25, 0.3) is 0 Å². The quantitative estimate of drug-likeness (QED) is 0.624. The monoisotopic (exact) mass is 231 g/mol. The van der Waals surface area contributed by atoms with Gasteiger partial charge in [-0.15, -0.1) is 6.42 Å². The van der Waals surface area contributed by atoms with Crippen molar-refractivity contribution in [3.63, 3.8) is 0 Å². The van der Waals surface area contributed by atoms with Crippen LogP contribution in [0.3, 0.4) is 0 Å². The molecule has 0 heterocycles. The summed E-state index contributed by atoms with van der Waals surface area (Å²) in [7, 11) is 0. The smallest absolute Gasteiger partial charge is 0.328 e. The van der Waals surface area contributed by atoms with Gasteiger partial charge in [0, 0.05) is 11.3 Å². The molecule has 1 unspecified atom stereocenters. The van der Waals surface area contributed by atoms with Crippen LogP contribution in [-0.2, 0) is 9.53 Å². The molecule has 1 atom stereocenters. The second kappa shape index (κ2) is 6.59. The fourth-order valence-electron chi connectivity index (χ4n) is 1.47. The van der Waals surface area contributed by atoms with Crippen LogP contribution in [0.2, 0.25) is 0 Å². The summed E-state index contributed by atoms with van der Waals surface area (Å²) in [5.74, 6) is 2.32. The zero-order valence-electron chi connectivity index (χ0n) is 10.2. The molecular formula is C14H17NO2. The summed E-state index contributed by atoms with van der Waals surface area (Å²) in [6, 6.07) is 7.08. The summed E-state index contributed by atoms with van der Waals surface area (Å²) < 4.78 is 4.98. The van der Waals surface area contributed by atoms with Gasteiger partial charge in [0.1, 0.15) is 6.04 Å². The van der Waals surface area contributed by atoms with Crippen molar-refractivity contribution in [1.29, 1.82) is 0 Å². The first-order chi connectivity index (χ1) is 8.21. The van der Waals surface area contributed by atoms with Crippen molar-refractivity contribution >= 4 is 11.7 Å². The normalized spacial score (nSPS) is 11.4. The van der Waals surface area contributed by atoms with Crippen LogP contribution in [0.15, 0.2) is 24.3 Å². The zero-order valence-corrected chi connectivity index (χ0v) is 10.2. The standard InChI is InChI=1S/C14H17NO2/c1-4-11-8-7-9-12(10-11)15-13(5-2)14(16)17-6-3/h1,7-10,13,15H,5-6H2,2-3H3. The third-order valence-electron chi connectivity index (χ3n) is 2.35. The van der Waals surface area contributed by atoms with Crippen LogP contribution in [0, 0.1) is 12.3 Å². The lowest BCUT2D eigenvalue weighted by molar-refractivity contribution is -0.144. The Bertz CT molecular complexity index is 420. The number of terminal acetylenes is 1. The molecule has 0 aromatic heterocycles. The molecule has 3 nitrogen and oxygen atoms in total. The largest absolute Gasteiger partial charge is 0.464 e. The minimum absolute atomic E-state index is 0.235. The SMILES string of the molecule is C#Cc1cccc(NC(CC)C(=O)OCC)c1. The highest BCUT2D eigenvalue weighted by Gasteiger charge is 2.16. The van der Waals surface area contributed by atoms with Crippen molar-refractivity contribution in [2.24, 2.45) is 0 Å². The molecule has 90 valence electrons. The predicted octanol–water partition coefficient (Wildman–Crippen LogP) is 2.42. The van der Waals surface area contributed by atoms with Gasteiger partial charge in [0.2, 0.25) is 0 Å². The molecule has 0 saturated heterocycles. The van der Waals surface area contributed by atoms with Gasteiger partial charge in [-0.1, -0.05) is 18.9 Å². The van der Waals surface area contributed by atoms with E-state index in [-0.39, 0.29) is 12.0 Å². The minimum Gasteiger partial charge on any atom is -0.464 e. The first-order valence-electron chi connectivity index (χ1n) is 5.71. The topological polar surface area (TPSA) is 38.3 Å². The predicted molar refractivity (Wildman–Crippen MR) is 68.7 cm³/mol. The van der Waals surface area contributed by atoms with Crippen LogP contribution < -0.4 is 5.32 Å². The van der Waals surface area contributed by atoms with E-state index in [1.165, 1.54) is 0 Å². The number of hydrogen-bond donors (Lipinski definition) is 1. The van der Waals surface area contributed by atoms with Crippen LogP contribution in [0.5, 0.6) is 0 Å². The average Bonchev–Trinajstić information content (AvgIpc) is 2.36. The Morgan fingerprint density at radius 1 is 1.53 bits per heavy atom. The lowest BCUT2D eigenvalue weighted by Gasteiger charge is -2.16. The molecule has 0 amide bonds. The highest BCUT2D eigenvalue weighted by molar-refractivity contribution is 5.79. The summed E-state index contributed by atoms with van der Waals surface area (Å²) in [5, 5.41) is 3.12. The number of anilines is 1. The number of benzene rings is 1. The summed E-state index contributed by atoms with van der Waals surface area (Å²) in [4.78, 5) is 11.6. The van der Waals surface area contributed by atoms with E-state index in [2.05, 4.69) is 11.2 Å². The maximum absolute atomic E-state index is 11.6. The van der Waals surface area contributed by atoms with Crippen LogP contribution in [-0.4, -0.2) is 18.6 Å². The van der Waals surface area contributed by atoms with E-state index in [1.54, 1.807) is 6.92 Å². The van der Waals surface area contributed by atoms with Gasteiger partial charge in [-0.05, 0) is 31.5 Å². The molecule has 1 aromatic rings. The Kier molecular flexibility index (Phi) is 5.09. The van der Waals surface area contributed by atoms with Crippen molar-refractivity contribution in [2.75, 3.05) is 11.9 Å². The number of rotatable bonds is 5. The average molecular weight is 231 g/mol. The Hall–Kier alpha value is -1.95. The molecule has 0 saturated carbocycles. The molecule has 0 fully saturated rings. The summed E-state index contributed by atoms with van der Waals surface area (Å²) >= 11 is 0. The molecule has 0 aliphatic heterocycles. The molecule has 1 N–H and O–H groups in total. The first kappa shape index (κ1) is 13.1. The zero-order chi connectivity index (χ0) is 12.7. The number of hydrogen-bond acceptors (Lipinski definition) is 3. The molecule has 0 radical (unpaired) electrons. The van der Waals surface area contributed by atoms with Crippen molar-refractivity contribution in [2.45, 2.75) is 26.3 Å². The molecule has 0 spiro atoms. The lowest BCUT2D eigenvalue weighted by atomic mass is 10.1. The van der Waals surface area contributed by atoms with Crippen molar-refractivity contribution in [1.82, 2.24) is 0 Å². The second-order valence-corrected chi connectivity index (χ2v) is 3.58. The molecule has 1 rings (SSSR count). The lowest BCUT2D eigenvalue weighted by Crippen LogP contribution is -2.30. The fraction of sp³-hybridized carbons (Fsp3) is 0.357. The fourth-order valence-corrected chi connectivity index (χ4v) is 1.47. The summed E-state index contributed by atoms with van der Waals surface area (Å²) in [6.45, 7) is 4.12. The van der Waals surface area contributed by atoms with Crippen molar-refractivity contribution in [3.05, 3.63) is 29.8 Å². The van der Waals surface area contributed by atoms with E-state index in [0.717, 1.165) is 11.3 Å². The molecule has 3 heteroatoms. The van der Waals surface area contributed by atoms with Gasteiger partial charge < -0.3 is 10.1 Å². The number of carbonyl (C=O) groups is 1. The number of esters is 1. The number of ether oxygens (including phenoxy) is 1. The number of carbonyl (C=O) groups excluding carboxylic acids is 1. The second-order valence-electron chi connectivity index (χ2n) is 3.58. The Morgan fingerprint density at radius 3 is 2.88 bits per heavy atom. The number of nitrogens with one attached hydrogen (secondary N) is 1. The Balaban J connectivity index is 2.73. The van der Waals surface area contributed by atoms with Crippen LogP contribution in [0.1, 0.15) is 25.8 Å². The first-order valence-corrected chi connectivity index (χ1v) is 5.71. The van der Waals surface area contributed by atoms with Crippen LogP contribution >= 0.6 is 0 Å².